The zero-order chi connectivity index (χ0) is 26.8. The minimum absolute atomic E-state index is 0.0969. The lowest BCUT2D eigenvalue weighted by molar-refractivity contribution is 0.0398. The van der Waals surface area contributed by atoms with Gasteiger partial charge in [-0.25, -0.2) is 9.59 Å². The van der Waals surface area contributed by atoms with Crippen LogP contribution in [-0.4, -0.2) is 23.5 Å². The fourth-order valence-corrected chi connectivity index (χ4v) is 4.99. The first-order valence-electron chi connectivity index (χ1n) is 9.75. The molecule has 2 aromatic carbocycles. The van der Waals surface area contributed by atoms with Gasteiger partial charge in [-0.05, 0) is 51.0 Å². The summed E-state index contributed by atoms with van der Waals surface area (Å²) in [5.74, 6) is -3.70. The van der Waals surface area contributed by atoms with E-state index < -0.39 is 44.7 Å². The summed E-state index contributed by atoms with van der Waals surface area (Å²) in [7, 11) is 0. The monoisotopic (exact) mass is 594 g/mol. The molecular formula is C24H16Cl6O5. The molecule has 0 aliphatic rings. The minimum atomic E-state index is -1.30. The van der Waals surface area contributed by atoms with Crippen molar-refractivity contribution in [1.82, 2.24) is 0 Å². The summed E-state index contributed by atoms with van der Waals surface area (Å²) in [4.78, 5) is 51.1. The molecule has 2 rings (SSSR count). The van der Waals surface area contributed by atoms with Crippen LogP contribution in [0, 0.1) is 0 Å². The smallest absolute Gasteiger partial charge is 0.349 e. The fraction of sp³-hybridized carbons (Fsp3) is 0.167. The van der Waals surface area contributed by atoms with Crippen LogP contribution >= 0.6 is 69.6 Å². The summed E-state index contributed by atoms with van der Waals surface area (Å²) in [5.41, 5.74) is -0.712. The highest BCUT2D eigenvalue weighted by atomic mass is 35.5. The second-order valence-corrected chi connectivity index (χ2v) is 9.47. The molecule has 0 bridgehead atoms. The van der Waals surface area contributed by atoms with Gasteiger partial charge in [0.25, 0.3) is 0 Å². The van der Waals surface area contributed by atoms with Gasteiger partial charge in [0.15, 0.2) is 11.6 Å². The molecule has 0 unspecified atom stereocenters. The molecule has 0 aromatic heterocycles. The van der Waals surface area contributed by atoms with E-state index in [1.54, 1.807) is 13.8 Å². The summed E-state index contributed by atoms with van der Waals surface area (Å²) in [5, 5.41) is -1.53. The number of esters is 2. The average molecular weight is 597 g/mol. The van der Waals surface area contributed by atoms with Crippen LogP contribution in [0.4, 0.5) is 0 Å². The lowest BCUT2D eigenvalue weighted by Gasteiger charge is -2.14. The van der Waals surface area contributed by atoms with Gasteiger partial charge in [-0.15, -0.1) is 0 Å². The van der Waals surface area contributed by atoms with E-state index in [9.17, 15) is 19.2 Å². The molecule has 184 valence electrons. The molecule has 0 radical (unpaired) electrons. The number of ketones is 2. The third-order valence-electron chi connectivity index (χ3n) is 4.97. The Morgan fingerprint density at radius 1 is 0.600 bits per heavy atom. The molecule has 0 spiro atoms. The van der Waals surface area contributed by atoms with Crippen molar-refractivity contribution in [3.05, 3.63) is 87.8 Å². The first-order chi connectivity index (χ1) is 16.3. The Balaban J connectivity index is 2.58. The SMILES string of the molecule is C/C=C(/C)C(=O)c1c(Cl)cc(Cl)c(C(=O)OC(=O)c2c(Cl)cc(Cl)c(C(=O)/C(C)=C\C)c2Cl)c1Cl. The molecule has 0 aliphatic heterocycles. The third kappa shape index (κ3) is 5.93. The summed E-state index contributed by atoms with van der Waals surface area (Å²) in [6, 6.07) is 2.26. The second kappa shape index (κ2) is 11.9. The molecule has 0 saturated carbocycles. The second-order valence-electron chi connectivity index (χ2n) is 7.09. The van der Waals surface area contributed by atoms with E-state index in [0.717, 1.165) is 12.1 Å². The third-order valence-corrected chi connectivity index (χ3v) is 6.92. The normalized spacial score (nSPS) is 11.9. The van der Waals surface area contributed by atoms with Gasteiger partial charge in [0.05, 0.1) is 52.4 Å². The van der Waals surface area contributed by atoms with E-state index >= 15 is 0 Å². The maximum absolute atomic E-state index is 12.9. The number of benzene rings is 2. The molecule has 0 heterocycles. The molecule has 0 fully saturated rings. The van der Waals surface area contributed by atoms with Crippen LogP contribution in [0.3, 0.4) is 0 Å². The number of rotatable bonds is 6. The number of carbonyl (C=O) groups is 4. The Labute approximate surface area is 231 Å². The lowest BCUT2D eigenvalue weighted by Crippen LogP contribution is -2.17. The van der Waals surface area contributed by atoms with Crippen LogP contribution in [0.5, 0.6) is 0 Å². The largest absolute Gasteiger partial charge is 0.386 e. The number of halogens is 6. The van der Waals surface area contributed by atoms with Gasteiger partial charge in [-0.2, -0.15) is 0 Å². The fourth-order valence-electron chi connectivity index (χ4n) is 2.81. The Morgan fingerprint density at radius 2 is 0.886 bits per heavy atom. The summed E-state index contributed by atoms with van der Waals surface area (Å²) in [6.45, 7) is 6.33. The van der Waals surface area contributed by atoms with Crippen molar-refractivity contribution in [2.24, 2.45) is 0 Å². The van der Waals surface area contributed by atoms with Gasteiger partial charge in [0, 0.05) is 0 Å². The number of ether oxygens (including phenoxy) is 1. The molecule has 0 amide bonds. The number of Topliss-reactive ketones (excluding diaryl/α,β-unsaturated/α-hetero) is 2. The molecule has 0 saturated heterocycles. The Kier molecular flexibility index (Phi) is 10.0. The lowest BCUT2D eigenvalue weighted by atomic mass is 10.0. The molecule has 0 aliphatic carbocycles. The zero-order valence-corrected chi connectivity index (χ0v) is 23.2. The van der Waals surface area contributed by atoms with Crippen molar-refractivity contribution in [3.63, 3.8) is 0 Å². The Bertz CT molecular complexity index is 1240. The van der Waals surface area contributed by atoms with Crippen molar-refractivity contribution in [2.75, 3.05) is 0 Å². The van der Waals surface area contributed by atoms with Crippen LogP contribution in [0.2, 0.25) is 30.1 Å². The number of hydrogen-bond donors (Lipinski definition) is 0. The average Bonchev–Trinajstić information content (AvgIpc) is 2.76. The Morgan fingerprint density at radius 3 is 1.17 bits per heavy atom. The van der Waals surface area contributed by atoms with Crippen molar-refractivity contribution in [1.29, 1.82) is 0 Å². The molecule has 11 heteroatoms. The quantitative estimate of drug-likeness (QED) is 0.144. The molecule has 5 nitrogen and oxygen atoms in total. The predicted octanol–water partition coefficient (Wildman–Crippen LogP) is 8.90. The van der Waals surface area contributed by atoms with Gasteiger partial charge in [-0.3, -0.25) is 9.59 Å². The maximum Gasteiger partial charge on any atom is 0.349 e. The van der Waals surface area contributed by atoms with Crippen LogP contribution in [0.15, 0.2) is 35.4 Å². The first kappa shape index (κ1) is 29.4. The van der Waals surface area contributed by atoms with Gasteiger partial charge in [0.2, 0.25) is 0 Å². The van der Waals surface area contributed by atoms with E-state index in [1.165, 1.54) is 26.0 Å². The van der Waals surface area contributed by atoms with E-state index in [4.69, 9.17) is 74.3 Å². The Hall–Kier alpha value is -1.86. The number of hydrogen-bond acceptors (Lipinski definition) is 5. The van der Waals surface area contributed by atoms with Crippen LogP contribution in [-0.2, 0) is 4.74 Å². The van der Waals surface area contributed by atoms with E-state index in [-0.39, 0.29) is 31.2 Å². The standard InChI is InChI=1S/C24H16Cl6O5/c1-5-9(3)21(31)15-11(25)7-13(27)17(19(15)29)23(33)35-24(34)18-14(28)8-12(26)16(20(18)30)22(32)10(4)6-2/h5-8H,1-4H3/b9-5-,10-6-. The summed E-state index contributed by atoms with van der Waals surface area (Å²) < 4.78 is 4.92. The molecule has 0 atom stereocenters. The zero-order valence-electron chi connectivity index (χ0n) is 18.6. The predicted molar refractivity (Wildman–Crippen MR) is 140 cm³/mol. The topological polar surface area (TPSA) is 77.5 Å². The minimum Gasteiger partial charge on any atom is -0.386 e. The molecule has 35 heavy (non-hydrogen) atoms. The highest BCUT2D eigenvalue weighted by Crippen LogP contribution is 2.38. The van der Waals surface area contributed by atoms with Crippen molar-refractivity contribution < 1.29 is 23.9 Å². The molecular weight excluding hydrogens is 581 g/mol. The van der Waals surface area contributed by atoms with Gasteiger partial charge in [-0.1, -0.05) is 81.8 Å². The van der Waals surface area contributed by atoms with Crippen molar-refractivity contribution in [3.8, 4) is 0 Å². The van der Waals surface area contributed by atoms with E-state index in [0.29, 0.717) is 11.1 Å². The van der Waals surface area contributed by atoms with Gasteiger partial charge < -0.3 is 4.74 Å². The van der Waals surface area contributed by atoms with Crippen LogP contribution in [0.1, 0.15) is 69.1 Å². The summed E-state index contributed by atoms with van der Waals surface area (Å²) in [6.07, 6.45) is 3.06. The number of allylic oxidation sites excluding steroid dienone is 4. The maximum atomic E-state index is 12.9. The van der Waals surface area contributed by atoms with Gasteiger partial charge in [0.1, 0.15) is 0 Å². The van der Waals surface area contributed by atoms with Gasteiger partial charge >= 0.3 is 11.9 Å². The molecule has 0 N–H and O–H groups in total. The van der Waals surface area contributed by atoms with Crippen molar-refractivity contribution >= 4 is 93.1 Å². The highest BCUT2D eigenvalue weighted by Gasteiger charge is 2.31. The summed E-state index contributed by atoms with van der Waals surface area (Å²) >= 11 is 37.1. The van der Waals surface area contributed by atoms with E-state index in [2.05, 4.69) is 0 Å². The highest BCUT2D eigenvalue weighted by molar-refractivity contribution is 6.47. The number of carbonyl (C=O) groups excluding carboxylic acids is 4. The van der Waals surface area contributed by atoms with E-state index in [1.807, 2.05) is 0 Å². The molecule has 2 aromatic rings. The van der Waals surface area contributed by atoms with Crippen LogP contribution in [0.25, 0.3) is 0 Å². The first-order valence-corrected chi connectivity index (χ1v) is 12.0. The van der Waals surface area contributed by atoms with Crippen LogP contribution < -0.4 is 0 Å². The van der Waals surface area contributed by atoms with Crippen molar-refractivity contribution in [2.45, 2.75) is 27.7 Å².